The second kappa shape index (κ2) is 7.97. The Morgan fingerprint density at radius 2 is 1.60 bits per heavy atom. The van der Waals surface area contributed by atoms with Crippen LogP contribution in [0.2, 0.25) is 0 Å². The van der Waals surface area contributed by atoms with Gasteiger partial charge < -0.3 is 4.74 Å². The topological polar surface area (TPSA) is 43.4 Å². The van der Waals surface area contributed by atoms with Crippen molar-refractivity contribution in [3.05, 3.63) is 59.7 Å². The van der Waals surface area contributed by atoms with E-state index in [1.165, 1.54) is 41.3 Å². The van der Waals surface area contributed by atoms with Crippen molar-refractivity contribution in [3.63, 3.8) is 0 Å². The number of benzene rings is 2. The van der Waals surface area contributed by atoms with Crippen molar-refractivity contribution in [2.24, 2.45) is 0 Å². The van der Waals surface area contributed by atoms with Gasteiger partial charge in [-0.2, -0.15) is 8.78 Å². The molecule has 3 rings (SSSR count). The Morgan fingerprint density at radius 3 is 2.16 bits per heavy atom. The van der Waals surface area contributed by atoms with E-state index in [9.17, 15) is 17.2 Å². The van der Waals surface area contributed by atoms with Crippen molar-refractivity contribution in [2.45, 2.75) is 21.8 Å². The summed E-state index contributed by atoms with van der Waals surface area (Å²) < 4.78 is 53.9. The van der Waals surface area contributed by atoms with E-state index >= 15 is 0 Å². The van der Waals surface area contributed by atoms with Gasteiger partial charge in [-0.1, -0.05) is 24.3 Å². The molecule has 0 amide bonds. The van der Waals surface area contributed by atoms with Crippen LogP contribution >= 0.6 is 23.5 Å². The maximum Gasteiger partial charge on any atom is 0.341 e. The molecule has 1 saturated heterocycles. The minimum absolute atomic E-state index is 0.237. The Kier molecular flexibility index (Phi) is 5.91. The lowest BCUT2D eigenvalue weighted by molar-refractivity contribution is 0.234. The first kappa shape index (κ1) is 18.5. The molecule has 0 radical (unpaired) electrons. The third-order valence-electron chi connectivity index (χ3n) is 3.67. The number of sulfone groups is 1. The fourth-order valence-corrected chi connectivity index (χ4v) is 5.90. The average molecular weight is 403 g/mol. The van der Waals surface area contributed by atoms with Gasteiger partial charge in [-0.25, -0.2) is 8.42 Å². The molecule has 8 heteroatoms. The Labute approximate surface area is 154 Å². The zero-order valence-electron chi connectivity index (χ0n) is 13.1. The summed E-state index contributed by atoms with van der Waals surface area (Å²) >= 11 is 3.87. The van der Waals surface area contributed by atoms with Crippen LogP contribution in [0.5, 0.6) is 5.75 Å². The van der Waals surface area contributed by atoms with Crippen molar-refractivity contribution in [3.8, 4) is 5.75 Å². The van der Waals surface area contributed by atoms with Gasteiger partial charge >= 0.3 is 5.76 Å². The molecular weight excluding hydrogens is 386 g/mol. The van der Waals surface area contributed by atoms with E-state index in [0.29, 0.717) is 15.9 Å². The number of hydrogen-bond acceptors (Lipinski definition) is 5. The smallest absolute Gasteiger partial charge is 0.341 e. The first-order valence-electron chi connectivity index (χ1n) is 7.54. The van der Waals surface area contributed by atoms with E-state index in [2.05, 4.69) is 0 Å². The number of halogens is 2. The summed E-state index contributed by atoms with van der Waals surface area (Å²) in [5.74, 6) is -0.360. The molecule has 0 aliphatic carbocycles. The Balaban J connectivity index is 1.60. The third kappa shape index (κ3) is 4.48. The second-order valence-electron chi connectivity index (χ2n) is 5.38. The van der Waals surface area contributed by atoms with Crippen LogP contribution in [0.3, 0.4) is 0 Å². The van der Waals surface area contributed by atoms with E-state index in [1.807, 2.05) is 47.8 Å². The van der Waals surface area contributed by atoms with Crippen LogP contribution in [-0.4, -0.2) is 25.7 Å². The van der Waals surface area contributed by atoms with Gasteiger partial charge in [0.25, 0.3) is 0 Å². The summed E-state index contributed by atoms with van der Waals surface area (Å²) in [5, 5.41) is 0. The number of ether oxygens (including phenoxy) is 1. The molecule has 2 aromatic rings. The molecule has 1 aliphatic heterocycles. The van der Waals surface area contributed by atoms with E-state index in [4.69, 9.17) is 4.74 Å². The van der Waals surface area contributed by atoms with Crippen molar-refractivity contribution >= 4 is 33.4 Å². The summed E-state index contributed by atoms with van der Waals surface area (Å²) in [6, 6.07) is 13.2. The molecule has 0 atom stereocenters. The van der Waals surface area contributed by atoms with Gasteiger partial charge in [0.05, 0.1) is 9.48 Å². The fourth-order valence-electron chi connectivity index (χ4n) is 2.32. The monoisotopic (exact) mass is 402 g/mol. The van der Waals surface area contributed by atoms with Gasteiger partial charge in [-0.3, -0.25) is 0 Å². The van der Waals surface area contributed by atoms with E-state index in [1.54, 1.807) is 0 Å². The highest BCUT2D eigenvalue weighted by molar-refractivity contribution is 8.19. The number of rotatable bonds is 6. The minimum Gasteiger partial charge on any atom is -0.489 e. The molecule has 0 N–H and O–H groups in total. The highest BCUT2D eigenvalue weighted by atomic mass is 32.2. The predicted octanol–water partition coefficient (Wildman–Crippen LogP) is 4.74. The van der Waals surface area contributed by atoms with Gasteiger partial charge in [0.15, 0.2) is 0 Å². The number of hydrogen-bond donors (Lipinski definition) is 0. The highest BCUT2D eigenvalue weighted by Gasteiger charge is 2.26. The lowest BCUT2D eigenvalue weighted by Gasteiger charge is -2.11. The van der Waals surface area contributed by atoms with Crippen LogP contribution in [0.25, 0.3) is 0 Å². The molecule has 134 valence electrons. The van der Waals surface area contributed by atoms with Gasteiger partial charge in [0.1, 0.15) is 12.4 Å². The zero-order chi connectivity index (χ0) is 17.9. The molecule has 25 heavy (non-hydrogen) atoms. The van der Waals surface area contributed by atoms with E-state index < -0.39 is 15.6 Å². The van der Waals surface area contributed by atoms with Gasteiger partial charge in [-0.05, 0) is 35.4 Å². The molecule has 1 aliphatic rings. The van der Waals surface area contributed by atoms with Crippen molar-refractivity contribution < 1.29 is 21.9 Å². The molecule has 1 heterocycles. The van der Waals surface area contributed by atoms with Crippen molar-refractivity contribution in [1.82, 2.24) is 0 Å². The zero-order valence-corrected chi connectivity index (χ0v) is 15.5. The van der Waals surface area contributed by atoms with Gasteiger partial charge in [0, 0.05) is 11.5 Å². The van der Waals surface area contributed by atoms with Crippen LogP contribution in [0.1, 0.15) is 15.7 Å². The number of thioether (sulfide) groups is 2. The molecule has 3 nitrogen and oxygen atoms in total. The van der Waals surface area contributed by atoms with E-state index in [0.717, 1.165) is 0 Å². The summed E-state index contributed by atoms with van der Waals surface area (Å²) in [6.45, 7) is 0.237. The molecule has 0 unspecified atom stereocenters. The Hall–Kier alpha value is -1.25. The first-order chi connectivity index (χ1) is 12.0. The SMILES string of the molecule is O=S(=O)(c1ccc(COc2ccc(C3SCCS3)cc2)cc1)C(F)F. The predicted molar refractivity (Wildman–Crippen MR) is 98.1 cm³/mol. The Bertz CT molecular complexity index is 800. The fraction of sp³-hybridized carbons (Fsp3) is 0.294. The average Bonchev–Trinajstić information content (AvgIpc) is 3.15. The molecule has 0 saturated carbocycles. The standard InChI is InChI=1S/C17H16F2O3S3/c18-17(19)25(20,21)15-7-1-12(2-8-15)11-22-14-5-3-13(4-6-14)16-23-9-10-24-16/h1-8,16-17H,9-11H2. The molecular formula is C17H16F2O3S3. The summed E-state index contributed by atoms with van der Waals surface area (Å²) in [6.07, 6.45) is 0. The third-order valence-corrected chi connectivity index (χ3v) is 8.17. The first-order valence-corrected chi connectivity index (χ1v) is 11.2. The van der Waals surface area contributed by atoms with Crippen LogP contribution < -0.4 is 4.74 Å². The maximum atomic E-state index is 12.5. The molecule has 0 bridgehead atoms. The van der Waals surface area contributed by atoms with Crippen LogP contribution in [0.15, 0.2) is 53.4 Å². The summed E-state index contributed by atoms with van der Waals surface area (Å²) in [4.78, 5) is -0.387. The van der Waals surface area contributed by atoms with Crippen molar-refractivity contribution in [2.75, 3.05) is 11.5 Å². The summed E-state index contributed by atoms with van der Waals surface area (Å²) in [5.41, 5.74) is 1.97. The Morgan fingerprint density at radius 1 is 1.00 bits per heavy atom. The van der Waals surface area contributed by atoms with E-state index in [-0.39, 0.29) is 11.5 Å². The van der Waals surface area contributed by atoms with Gasteiger partial charge in [-0.15, -0.1) is 23.5 Å². The normalized spacial score (nSPS) is 15.6. The minimum atomic E-state index is -4.55. The quantitative estimate of drug-likeness (QED) is 0.698. The molecule has 2 aromatic carbocycles. The van der Waals surface area contributed by atoms with Crippen molar-refractivity contribution in [1.29, 1.82) is 0 Å². The maximum absolute atomic E-state index is 12.5. The number of alkyl halides is 2. The van der Waals surface area contributed by atoms with Crippen LogP contribution in [0, 0.1) is 0 Å². The second-order valence-corrected chi connectivity index (χ2v) is 10.0. The van der Waals surface area contributed by atoms with Crippen LogP contribution in [0.4, 0.5) is 8.78 Å². The van der Waals surface area contributed by atoms with Gasteiger partial charge in [0.2, 0.25) is 9.84 Å². The largest absolute Gasteiger partial charge is 0.489 e. The molecule has 1 fully saturated rings. The molecule has 0 spiro atoms. The lowest BCUT2D eigenvalue weighted by Crippen LogP contribution is -2.11. The lowest BCUT2D eigenvalue weighted by atomic mass is 10.2. The highest BCUT2D eigenvalue weighted by Crippen LogP contribution is 2.45. The summed E-state index contributed by atoms with van der Waals surface area (Å²) in [7, 11) is -4.55. The van der Waals surface area contributed by atoms with Crippen LogP contribution in [-0.2, 0) is 16.4 Å². The molecule has 0 aromatic heterocycles.